The highest BCUT2D eigenvalue weighted by molar-refractivity contribution is 6.09. The number of nitrogens with one attached hydrogen (secondary N) is 1. The topological polar surface area (TPSA) is 121 Å². The first kappa shape index (κ1) is 35.8. The summed E-state index contributed by atoms with van der Waals surface area (Å²) in [5.41, 5.74) is 0.160. The second-order valence-electron chi connectivity index (χ2n) is 14.5. The lowest BCUT2D eigenvalue weighted by atomic mass is 9.59. The molecule has 5 rings (SSSR count). The number of β-lactam (4-membered cyclic amide) rings is 1. The number of anilines is 1. The smallest absolute Gasteiger partial charge is 0.416 e. The fourth-order valence-electron chi connectivity index (χ4n) is 7.07. The summed E-state index contributed by atoms with van der Waals surface area (Å²) >= 11 is 0. The van der Waals surface area contributed by atoms with Gasteiger partial charge in [-0.2, -0.15) is 0 Å². The number of halogens is 1. The number of carbonyl (C=O) groups is 4. The third-order valence-corrected chi connectivity index (χ3v) is 10.1. The Labute approximate surface area is 287 Å². The largest absolute Gasteiger partial charge is 0.497 e. The van der Waals surface area contributed by atoms with Crippen molar-refractivity contribution in [1.29, 1.82) is 0 Å². The van der Waals surface area contributed by atoms with Crippen LogP contribution in [0.3, 0.4) is 0 Å². The van der Waals surface area contributed by atoms with Crippen LogP contribution in [0.4, 0.5) is 19.8 Å². The number of urea groups is 1. The first-order valence-electron chi connectivity index (χ1n) is 16.9. The van der Waals surface area contributed by atoms with E-state index in [1.165, 1.54) is 11.9 Å². The van der Waals surface area contributed by atoms with Crippen LogP contribution < -0.4 is 15.0 Å². The number of carbonyl (C=O) groups excluding carboxylic acids is 4. The van der Waals surface area contributed by atoms with Gasteiger partial charge >= 0.3 is 12.1 Å². The fourth-order valence-corrected chi connectivity index (χ4v) is 7.07. The number of benzene rings is 1. The Balaban J connectivity index is 1.33. The molecular formula is C37H48FN5O6. The van der Waals surface area contributed by atoms with Crippen molar-refractivity contribution in [2.75, 3.05) is 32.1 Å². The summed E-state index contributed by atoms with van der Waals surface area (Å²) in [6.45, 7) is 9.84. The number of amides is 5. The molecule has 0 saturated carbocycles. The van der Waals surface area contributed by atoms with E-state index in [0.717, 1.165) is 23.3 Å². The van der Waals surface area contributed by atoms with Gasteiger partial charge in [0.15, 0.2) is 0 Å². The maximum absolute atomic E-state index is 14.5. The van der Waals surface area contributed by atoms with E-state index < -0.39 is 53.1 Å². The minimum atomic E-state index is -1.02. The van der Waals surface area contributed by atoms with Gasteiger partial charge in [-0.1, -0.05) is 31.2 Å². The van der Waals surface area contributed by atoms with Gasteiger partial charge in [0.25, 0.3) is 0 Å². The van der Waals surface area contributed by atoms with Crippen LogP contribution in [0.15, 0.2) is 54.7 Å². The van der Waals surface area contributed by atoms with Crippen molar-refractivity contribution in [2.45, 2.75) is 78.2 Å². The molecule has 12 heteroatoms. The van der Waals surface area contributed by atoms with Crippen LogP contribution in [0.5, 0.6) is 5.75 Å². The van der Waals surface area contributed by atoms with E-state index in [1.54, 1.807) is 70.2 Å². The molecule has 3 heterocycles. The number of likely N-dealkylation sites (tertiary alicyclic amines) is 2. The summed E-state index contributed by atoms with van der Waals surface area (Å²) in [5, 5.41) is 2.62. The molecule has 2 aromatic rings. The van der Waals surface area contributed by atoms with Crippen molar-refractivity contribution >= 4 is 29.8 Å². The highest BCUT2D eigenvalue weighted by atomic mass is 19.1. The van der Waals surface area contributed by atoms with Crippen LogP contribution in [0.1, 0.15) is 58.6 Å². The number of rotatable bonds is 9. The zero-order valence-corrected chi connectivity index (χ0v) is 29.4. The molecule has 5 amide bonds. The van der Waals surface area contributed by atoms with Gasteiger partial charge in [-0.3, -0.25) is 19.4 Å². The van der Waals surface area contributed by atoms with Crippen LogP contribution >= 0.6 is 0 Å². The minimum absolute atomic E-state index is 0.00327. The number of hydrogen-bond donors (Lipinski definition) is 1. The number of methoxy groups -OCH3 is 1. The number of piperidine rings is 1. The van der Waals surface area contributed by atoms with Gasteiger partial charge in [0.05, 0.1) is 19.6 Å². The third-order valence-electron chi connectivity index (χ3n) is 10.1. The predicted molar refractivity (Wildman–Crippen MR) is 183 cm³/mol. The van der Waals surface area contributed by atoms with E-state index in [4.69, 9.17) is 9.47 Å². The predicted octanol–water partition coefficient (Wildman–Crippen LogP) is 5.53. The molecule has 0 bridgehead atoms. The maximum atomic E-state index is 14.5. The van der Waals surface area contributed by atoms with Gasteiger partial charge in [0.1, 0.15) is 29.4 Å². The van der Waals surface area contributed by atoms with Crippen LogP contribution in [-0.2, 0) is 27.3 Å². The van der Waals surface area contributed by atoms with Gasteiger partial charge < -0.3 is 19.7 Å². The van der Waals surface area contributed by atoms with Crippen molar-refractivity contribution in [3.05, 3.63) is 65.9 Å². The summed E-state index contributed by atoms with van der Waals surface area (Å²) < 4.78 is 25.4. The fraction of sp³-hybridized carbons (Fsp3) is 0.541. The molecule has 264 valence electrons. The lowest BCUT2D eigenvalue weighted by Gasteiger charge is -2.50. The molecule has 1 N–H and O–H groups in total. The summed E-state index contributed by atoms with van der Waals surface area (Å²) in [5.74, 6) is -0.593. The van der Waals surface area contributed by atoms with Gasteiger partial charge in [-0.25, -0.2) is 19.0 Å². The Bertz CT molecular complexity index is 1590. The number of pyridine rings is 1. The van der Waals surface area contributed by atoms with Crippen molar-refractivity contribution in [3.8, 4) is 5.75 Å². The summed E-state index contributed by atoms with van der Waals surface area (Å²) in [6, 6.07) is 9.24. The van der Waals surface area contributed by atoms with E-state index in [0.29, 0.717) is 30.2 Å². The van der Waals surface area contributed by atoms with Gasteiger partial charge in [0.2, 0.25) is 11.8 Å². The zero-order valence-electron chi connectivity index (χ0n) is 29.4. The highest BCUT2D eigenvalue weighted by Gasteiger charge is 2.56. The minimum Gasteiger partial charge on any atom is -0.497 e. The molecule has 1 aromatic carbocycles. The van der Waals surface area contributed by atoms with E-state index in [9.17, 15) is 23.6 Å². The number of alkyl halides is 1. The molecule has 2 fully saturated rings. The third kappa shape index (κ3) is 7.43. The first-order valence-corrected chi connectivity index (χ1v) is 16.9. The van der Waals surface area contributed by atoms with Crippen molar-refractivity contribution in [3.63, 3.8) is 0 Å². The Kier molecular flexibility index (Phi) is 10.4. The van der Waals surface area contributed by atoms with Gasteiger partial charge in [-0.05, 0) is 94.2 Å². The Hall–Kier alpha value is -4.48. The quantitative estimate of drug-likeness (QED) is 0.274. The lowest BCUT2D eigenvalue weighted by molar-refractivity contribution is -0.158. The van der Waals surface area contributed by atoms with E-state index in [-0.39, 0.29) is 24.8 Å². The SMILES string of the molecule is CNC(=O)[C@@H]1[C@@H](Cc2ccnc(N(Cc3ccc(OC)cc3)C(=O)OC(C)(C)C)c2)C(=O)N1C(=O)N1CCCC(C2C=C[C@@]2(C)[C@H](C)F)C1. The molecule has 6 atom stereocenters. The van der Waals surface area contributed by atoms with Crippen LogP contribution in [0.25, 0.3) is 0 Å². The number of imide groups is 1. The molecule has 3 aliphatic rings. The molecule has 2 aliphatic heterocycles. The average Bonchev–Trinajstić information content (AvgIpc) is 3.06. The monoisotopic (exact) mass is 677 g/mol. The number of ether oxygens (including phenoxy) is 2. The molecule has 1 aliphatic carbocycles. The standard InChI is InChI=1S/C37H48FN5O6/c1-23(38)37(5)16-14-29(37)26-9-8-18-41(22-26)34(46)43-31(32(44)39-6)28(33(43)45)19-25-15-17-40-30(20-25)42(35(47)49-36(2,3)4)21-24-10-12-27(48-7)13-11-24/h10-17,20,23,26,28-29,31H,8-9,18-19,21-22H2,1-7H3,(H,39,44)/t23-,26?,28+,29?,31-,37-/m0/s1. The Morgan fingerprint density at radius 3 is 2.47 bits per heavy atom. The normalized spacial score (nSPS) is 25.5. The van der Waals surface area contributed by atoms with Crippen LogP contribution in [0.2, 0.25) is 0 Å². The number of allylic oxidation sites excluding steroid dienone is 2. The average molecular weight is 678 g/mol. The number of aromatic nitrogens is 1. The Morgan fingerprint density at radius 1 is 1.16 bits per heavy atom. The van der Waals surface area contributed by atoms with Crippen LogP contribution in [0, 0.1) is 23.2 Å². The second kappa shape index (κ2) is 14.2. The highest BCUT2D eigenvalue weighted by Crippen LogP contribution is 2.49. The second-order valence-corrected chi connectivity index (χ2v) is 14.5. The lowest BCUT2D eigenvalue weighted by Crippen LogP contribution is -2.71. The van der Waals surface area contributed by atoms with Crippen molar-refractivity contribution in [2.24, 2.45) is 23.2 Å². The number of hydrogen-bond acceptors (Lipinski definition) is 7. The molecule has 2 unspecified atom stereocenters. The summed E-state index contributed by atoms with van der Waals surface area (Å²) in [6.07, 6.45) is 5.62. The molecule has 0 radical (unpaired) electrons. The van der Waals surface area contributed by atoms with Gasteiger partial charge in [-0.15, -0.1) is 0 Å². The molecule has 49 heavy (non-hydrogen) atoms. The van der Waals surface area contributed by atoms with Crippen LogP contribution in [-0.4, -0.2) is 83.8 Å². The van der Waals surface area contributed by atoms with E-state index >= 15 is 0 Å². The van der Waals surface area contributed by atoms with Gasteiger partial charge in [0, 0.05) is 31.7 Å². The molecule has 0 spiro atoms. The number of likely N-dealkylation sites (N-methyl/N-ethyl adjacent to an activating group) is 1. The summed E-state index contributed by atoms with van der Waals surface area (Å²) in [4.78, 5) is 62.6. The molecule has 1 aromatic heterocycles. The molecule has 2 saturated heterocycles. The Morgan fingerprint density at radius 2 is 1.88 bits per heavy atom. The van der Waals surface area contributed by atoms with E-state index in [2.05, 4.69) is 10.3 Å². The van der Waals surface area contributed by atoms with Crippen molar-refractivity contribution in [1.82, 2.24) is 20.1 Å². The maximum Gasteiger partial charge on any atom is 0.416 e. The van der Waals surface area contributed by atoms with Crippen molar-refractivity contribution < 1.29 is 33.0 Å². The molecule has 11 nitrogen and oxygen atoms in total. The first-order chi connectivity index (χ1) is 23.2. The number of nitrogens with zero attached hydrogens (tertiary/aromatic N) is 4. The molecular weight excluding hydrogens is 629 g/mol. The zero-order chi connectivity index (χ0) is 35.7. The summed E-state index contributed by atoms with van der Waals surface area (Å²) in [7, 11) is 3.06. The van der Waals surface area contributed by atoms with E-state index in [1.807, 2.05) is 31.2 Å².